The molecule has 0 radical (unpaired) electrons. The van der Waals surface area contributed by atoms with Gasteiger partial charge in [-0.25, -0.2) is 4.98 Å². The molecule has 0 amide bonds. The Morgan fingerprint density at radius 3 is 2.61 bits per heavy atom. The van der Waals surface area contributed by atoms with E-state index in [1.807, 2.05) is 48.9 Å². The third kappa shape index (κ3) is 3.34. The lowest BCUT2D eigenvalue weighted by Crippen LogP contribution is -2.23. The van der Waals surface area contributed by atoms with E-state index >= 15 is 0 Å². The van der Waals surface area contributed by atoms with Crippen molar-refractivity contribution in [2.75, 3.05) is 6.61 Å². The van der Waals surface area contributed by atoms with E-state index in [9.17, 15) is 5.11 Å². The van der Waals surface area contributed by atoms with E-state index in [1.165, 1.54) is 5.56 Å². The Bertz CT molecular complexity index is 491. The molecule has 0 aliphatic heterocycles. The molecule has 0 fully saturated rings. The van der Waals surface area contributed by atoms with Gasteiger partial charge in [0, 0.05) is 12.4 Å². The largest absolute Gasteiger partial charge is 0.491 e. The van der Waals surface area contributed by atoms with Crippen LogP contribution in [0.2, 0.25) is 0 Å². The molecule has 0 bridgehead atoms. The number of hydrogen-bond donors (Lipinski definition) is 1. The lowest BCUT2D eigenvalue weighted by Gasteiger charge is -2.14. The molecule has 0 unspecified atom stereocenters. The number of rotatable bonds is 5. The van der Waals surface area contributed by atoms with Crippen LogP contribution in [0.4, 0.5) is 0 Å². The summed E-state index contributed by atoms with van der Waals surface area (Å²) in [6.07, 6.45) is 3.03. The van der Waals surface area contributed by atoms with Crippen LogP contribution in [-0.2, 0) is 6.54 Å². The SMILES string of the molecule is Cc1ccc(OC[C@@H](O)Cn2ccnc2C)cc1. The van der Waals surface area contributed by atoms with Crippen molar-refractivity contribution in [3.63, 3.8) is 0 Å². The third-order valence-corrected chi connectivity index (χ3v) is 2.79. The molecule has 96 valence electrons. The van der Waals surface area contributed by atoms with Gasteiger partial charge >= 0.3 is 0 Å². The van der Waals surface area contributed by atoms with Crippen LogP contribution in [0.3, 0.4) is 0 Å². The van der Waals surface area contributed by atoms with Crippen LogP contribution < -0.4 is 4.74 Å². The smallest absolute Gasteiger partial charge is 0.119 e. The van der Waals surface area contributed by atoms with Crippen LogP contribution >= 0.6 is 0 Å². The topological polar surface area (TPSA) is 47.3 Å². The van der Waals surface area contributed by atoms with Crippen LogP contribution in [0, 0.1) is 13.8 Å². The van der Waals surface area contributed by atoms with Gasteiger partial charge in [0.25, 0.3) is 0 Å². The molecule has 4 heteroatoms. The first-order chi connectivity index (χ1) is 8.65. The van der Waals surface area contributed by atoms with Crippen molar-refractivity contribution in [1.82, 2.24) is 9.55 Å². The number of aliphatic hydroxyl groups is 1. The maximum atomic E-state index is 9.89. The number of benzene rings is 1. The van der Waals surface area contributed by atoms with Gasteiger partial charge in [-0.1, -0.05) is 17.7 Å². The molecule has 2 aromatic rings. The second kappa shape index (κ2) is 5.69. The number of nitrogens with zero attached hydrogens (tertiary/aromatic N) is 2. The minimum atomic E-state index is -0.542. The highest BCUT2D eigenvalue weighted by atomic mass is 16.5. The Morgan fingerprint density at radius 2 is 2.00 bits per heavy atom. The Balaban J connectivity index is 1.83. The molecule has 0 saturated carbocycles. The van der Waals surface area contributed by atoms with Crippen molar-refractivity contribution in [2.45, 2.75) is 26.5 Å². The van der Waals surface area contributed by atoms with Crippen molar-refractivity contribution >= 4 is 0 Å². The summed E-state index contributed by atoms with van der Waals surface area (Å²) < 4.78 is 7.43. The summed E-state index contributed by atoms with van der Waals surface area (Å²) in [5, 5.41) is 9.89. The second-order valence-corrected chi connectivity index (χ2v) is 4.40. The lowest BCUT2D eigenvalue weighted by atomic mass is 10.2. The molecular formula is C14H18N2O2. The molecule has 4 nitrogen and oxygen atoms in total. The summed E-state index contributed by atoms with van der Waals surface area (Å²) in [5.41, 5.74) is 1.19. The van der Waals surface area contributed by atoms with Gasteiger partial charge in [-0.2, -0.15) is 0 Å². The zero-order valence-electron chi connectivity index (χ0n) is 10.7. The van der Waals surface area contributed by atoms with Crippen molar-refractivity contribution in [2.24, 2.45) is 0 Å². The van der Waals surface area contributed by atoms with Crippen LogP contribution in [-0.4, -0.2) is 27.4 Å². The van der Waals surface area contributed by atoms with Crippen LogP contribution in [0.5, 0.6) is 5.75 Å². The highest BCUT2D eigenvalue weighted by Crippen LogP contribution is 2.11. The predicted molar refractivity (Wildman–Crippen MR) is 69.6 cm³/mol. The minimum absolute atomic E-state index is 0.278. The monoisotopic (exact) mass is 246 g/mol. The van der Waals surface area contributed by atoms with Crippen molar-refractivity contribution < 1.29 is 9.84 Å². The molecular weight excluding hydrogens is 228 g/mol. The molecule has 1 N–H and O–H groups in total. The first-order valence-electron chi connectivity index (χ1n) is 6.00. The van der Waals surface area contributed by atoms with E-state index in [2.05, 4.69) is 4.98 Å². The van der Waals surface area contributed by atoms with Crippen LogP contribution in [0.15, 0.2) is 36.7 Å². The predicted octanol–water partition coefficient (Wildman–Crippen LogP) is 1.94. The summed E-state index contributed by atoms with van der Waals surface area (Å²) in [5.74, 6) is 1.67. The summed E-state index contributed by atoms with van der Waals surface area (Å²) in [6.45, 7) is 4.71. The highest BCUT2D eigenvalue weighted by molar-refractivity contribution is 5.26. The molecule has 0 spiro atoms. The van der Waals surface area contributed by atoms with Gasteiger partial charge in [0.15, 0.2) is 0 Å². The first-order valence-corrected chi connectivity index (χ1v) is 6.00. The molecule has 0 aliphatic carbocycles. The Labute approximate surface area is 107 Å². The summed E-state index contributed by atoms with van der Waals surface area (Å²) in [6, 6.07) is 7.79. The maximum Gasteiger partial charge on any atom is 0.119 e. The number of aliphatic hydroxyl groups excluding tert-OH is 1. The van der Waals surface area contributed by atoms with Gasteiger partial charge in [0.1, 0.15) is 24.3 Å². The van der Waals surface area contributed by atoms with Gasteiger partial charge in [0.05, 0.1) is 6.54 Å². The fourth-order valence-corrected chi connectivity index (χ4v) is 1.70. The van der Waals surface area contributed by atoms with E-state index in [0.717, 1.165) is 11.6 Å². The standard InChI is InChI=1S/C14H18N2O2/c1-11-3-5-14(6-4-11)18-10-13(17)9-16-8-7-15-12(16)2/h3-8,13,17H,9-10H2,1-2H3/t13-/m0/s1. The molecule has 0 aliphatic rings. The summed E-state index contributed by atoms with van der Waals surface area (Å²) in [4.78, 5) is 4.11. The lowest BCUT2D eigenvalue weighted by molar-refractivity contribution is 0.0919. The molecule has 1 aromatic carbocycles. The normalized spacial score (nSPS) is 12.4. The molecule has 18 heavy (non-hydrogen) atoms. The average Bonchev–Trinajstić information content (AvgIpc) is 2.74. The van der Waals surface area contributed by atoms with Gasteiger partial charge in [-0.05, 0) is 26.0 Å². The molecule has 1 heterocycles. The van der Waals surface area contributed by atoms with Crippen molar-refractivity contribution in [1.29, 1.82) is 0 Å². The fourth-order valence-electron chi connectivity index (χ4n) is 1.70. The van der Waals surface area contributed by atoms with Gasteiger partial charge in [-0.3, -0.25) is 0 Å². The Hall–Kier alpha value is -1.81. The molecule has 1 aromatic heterocycles. The molecule has 0 saturated heterocycles. The Kier molecular flexibility index (Phi) is 3.99. The van der Waals surface area contributed by atoms with E-state index in [4.69, 9.17) is 4.74 Å². The molecule has 1 atom stereocenters. The van der Waals surface area contributed by atoms with Gasteiger partial charge in [0.2, 0.25) is 0 Å². The average molecular weight is 246 g/mol. The van der Waals surface area contributed by atoms with Crippen molar-refractivity contribution in [3.05, 3.63) is 48.0 Å². The molecule has 2 rings (SSSR count). The van der Waals surface area contributed by atoms with Crippen molar-refractivity contribution in [3.8, 4) is 5.75 Å². The summed E-state index contributed by atoms with van der Waals surface area (Å²) >= 11 is 0. The maximum absolute atomic E-state index is 9.89. The highest BCUT2D eigenvalue weighted by Gasteiger charge is 2.07. The summed E-state index contributed by atoms with van der Waals surface area (Å²) in [7, 11) is 0. The van der Waals surface area contributed by atoms with E-state index in [1.54, 1.807) is 6.20 Å². The quantitative estimate of drug-likeness (QED) is 0.877. The van der Waals surface area contributed by atoms with E-state index in [0.29, 0.717) is 6.54 Å². The fraction of sp³-hybridized carbons (Fsp3) is 0.357. The van der Waals surface area contributed by atoms with Crippen LogP contribution in [0.1, 0.15) is 11.4 Å². The van der Waals surface area contributed by atoms with Gasteiger partial charge in [-0.15, -0.1) is 0 Å². The van der Waals surface area contributed by atoms with Gasteiger partial charge < -0.3 is 14.4 Å². The number of imidazole rings is 1. The zero-order valence-corrected chi connectivity index (χ0v) is 10.7. The Morgan fingerprint density at radius 1 is 1.28 bits per heavy atom. The number of aryl methyl sites for hydroxylation is 2. The van der Waals surface area contributed by atoms with Crippen LogP contribution in [0.25, 0.3) is 0 Å². The third-order valence-electron chi connectivity index (χ3n) is 2.79. The second-order valence-electron chi connectivity index (χ2n) is 4.40. The number of aromatic nitrogens is 2. The first kappa shape index (κ1) is 12.6. The number of ether oxygens (including phenoxy) is 1. The van der Waals surface area contributed by atoms with E-state index < -0.39 is 6.10 Å². The zero-order chi connectivity index (χ0) is 13.0. The minimum Gasteiger partial charge on any atom is -0.491 e. The van der Waals surface area contributed by atoms with E-state index in [-0.39, 0.29) is 6.61 Å². The number of hydrogen-bond acceptors (Lipinski definition) is 3.